The maximum atomic E-state index is 12.6. The van der Waals surface area contributed by atoms with E-state index in [2.05, 4.69) is 5.32 Å². The van der Waals surface area contributed by atoms with E-state index >= 15 is 0 Å². The maximum absolute atomic E-state index is 12.6. The standard InChI is InChI=1S/C20H25ClN2O4/c1-20(12-17(24)22-19(20)26)8-5-18(25)23-9-6-13(7-10-23)15-4-3-14(21)11-16(15)27-2/h3-4,11,13H,5-10,12H2,1-2H3,(H,22,24,26). The molecule has 3 amide bonds. The number of imide groups is 1. The summed E-state index contributed by atoms with van der Waals surface area (Å²) in [7, 11) is 1.64. The van der Waals surface area contributed by atoms with Crippen LogP contribution in [0.1, 0.15) is 50.5 Å². The first-order valence-corrected chi connectivity index (χ1v) is 9.66. The highest BCUT2D eigenvalue weighted by Gasteiger charge is 2.42. The van der Waals surface area contributed by atoms with Crippen molar-refractivity contribution in [2.24, 2.45) is 5.41 Å². The van der Waals surface area contributed by atoms with Crippen LogP contribution < -0.4 is 10.1 Å². The van der Waals surface area contributed by atoms with E-state index in [4.69, 9.17) is 16.3 Å². The Morgan fingerprint density at radius 1 is 1.33 bits per heavy atom. The van der Waals surface area contributed by atoms with Gasteiger partial charge in [0, 0.05) is 31.0 Å². The number of nitrogens with zero attached hydrogens (tertiary/aromatic N) is 1. The highest BCUT2D eigenvalue weighted by molar-refractivity contribution is 6.30. The zero-order chi connectivity index (χ0) is 19.6. The van der Waals surface area contributed by atoms with E-state index in [1.807, 2.05) is 23.1 Å². The minimum Gasteiger partial charge on any atom is -0.496 e. The molecule has 1 N–H and O–H groups in total. The summed E-state index contributed by atoms with van der Waals surface area (Å²) in [5.41, 5.74) is 0.365. The van der Waals surface area contributed by atoms with Crippen molar-refractivity contribution in [3.8, 4) is 5.75 Å². The van der Waals surface area contributed by atoms with Gasteiger partial charge in [-0.15, -0.1) is 0 Å². The van der Waals surface area contributed by atoms with Gasteiger partial charge < -0.3 is 9.64 Å². The molecule has 2 fully saturated rings. The van der Waals surface area contributed by atoms with Crippen molar-refractivity contribution in [3.63, 3.8) is 0 Å². The molecule has 27 heavy (non-hydrogen) atoms. The van der Waals surface area contributed by atoms with Crippen LogP contribution in [0.3, 0.4) is 0 Å². The molecule has 1 atom stereocenters. The minimum atomic E-state index is -0.762. The second-order valence-corrected chi connectivity index (χ2v) is 8.09. The molecule has 7 heteroatoms. The highest BCUT2D eigenvalue weighted by atomic mass is 35.5. The van der Waals surface area contributed by atoms with Crippen LogP contribution in [0.25, 0.3) is 0 Å². The van der Waals surface area contributed by atoms with Crippen molar-refractivity contribution in [2.75, 3.05) is 20.2 Å². The van der Waals surface area contributed by atoms with Gasteiger partial charge in [0.15, 0.2) is 0 Å². The van der Waals surface area contributed by atoms with Gasteiger partial charge in [0.2, 0.25) is 17.7 Å². The molecule has 1 aromatic carbocycles. The Labute approximate surface area is 164 Å². The van der Waals surface area contributed by atoms with Gasteiger partial charge in [-0.2, -0.15) is 0 Å². The summed E-state index contributed by atoms with van der Waals surface area (Å²) in [4.78, 5) is 37.7. The lowest BCUT2D eigenvalue weighted by Crippen LogP contribution is -2.39. The maximum Gasteiger partial charge on any atom is 0.233 e. The fraction of sp³-hybridized carbons (Fsp3) is 0.550. The lowest BCUT2D eigenvalue weighted by molar-refractivity contribution is -0.133. The smallest absolute Gasteiger partial charge is 0.233 e. The quantitative estimate of drug-likeness (QED) is 0.782. The predicted molar refractivity (Wildman–Crippen MR) is 102 cm³/mol. The van der Waals surface area contributed by atoms with Crippen LogP contribution >= 0.6 is 11.6 Å². The predicted octanol–water partition coefficient (Wildman–Crippen LogP) is 2.89. The highest BCUT2D eigenvalue weighted by Crippen LogP contribution is 2.36. The molecule has 146 valence electrons. The summed E-state index contributed by atoms with van der Waals surface area (Å²) in [6.45, 7) is 3.10. The first kappa shape index (κ1) is 19.7. The van der Waals surface area contributed by atoms with Crippen LogP contribution in [0.5, 0.6) is 5.75 Å². The van der Waals surface area contributed by atoms with E-state index in [-0.39, 0.29) is 30.6 Å². The van der Waals surface area contributed by atoms with Crippen LogP contribution in [0.15, 0.2) is 18.2 Å². The second kappa shape index (κ2) is 7.89. The number of methoxy groups -OCH3 is 1. The fourth-order valence-corrected chi connectivity index (χ4v) is 4.12. The van der Waals surface area contributed by atoms with Crippen molar-refractivity contribution in [1.82, 2.24) is 10.2 Å². The number of carbonyl (C=O) groups excluding carboxylic acids is 3. The SMILES string of the molecule is COc1cc(Cl)ccc1C1CCN(C(=O)CCC2(C)CC(=O)NC2=O)CC1. The second-order valence-electron chi connectivity index (χ2n) is 7.66. The molecule has 0 bridgehead atoms. The van der Waals surface area contributed by atoms with E-state index in [1.54, 1.807) is 14.0 Å². The average molecular weight is 393 g/mol. The summed E-state index contributed by atoms with van der Waals surface area (Å²) < 4.78 is 5.45. The van der Waals surface area contributed by atoms with Gasteiger partial charge in [-0.05, 0) is 42.9 Å². The number of amides is 3. The van der Waals surface area contributed by atoms with Crippen molar-refractivity contribution in [2.45, 2.75) is 44.9 Å². The average Bonchev–Trinajstić information content (AvgIpc) is 2.91. The fourth-order valence-electron chi connectivity index (χ4n) is 3.96. The summed E-state index contributed by atoms with van der Waals surface area (Å²) in [6, 6.07) is 5.69. The van der Waals surface area contributed by atoms with Crippen molar-refractivity contribution >= 4 is 29.3 Å². The van der Waals surface area contributed by atoms with Gasteiger partial charge >= 0.3 is 0 Å². The Hall–Kier alpha value is -2.08. The number of hydrogen-bond donors (Lipinski definition) is 1. The first-order chi connectivity index (χ1) is 12.8. The topological polar surface area (TPSA) is 75.7 Å². The number of halogens is 1. The molecule has 6 nitrogen and oxygen atoms in total. The Bertz CT molecular complexity index is 758. The monoisotopic (exact) mass is 392 g/mol. The summed E-state index contributed by atoms with van der Waals surface area (Å²) in [5, 5.41) is 2.97. The summed E-state index contributed by atoms with van der Waals surface area (Å²) in [6.07, 6.45) is 2.57. The molecule has 0 saturated carbocycles. The van der Waals surface area contributed by atoms with Crippen molar-refractivity contribution in [3.05, 3.63) is 28.8 Å². The van der Waals surface area contributed by atoms with E-state index < -0.39 is 5.41 Å². The van der Waals surface area contributed by atoms with Crippen LogP contribution in [-0.4, -0.2) is 42.8 Å². The van der Waals surface area contributed by atoms with Gasteiger partial charge in [0.25, 0.3) is 0 Å². The number of hydrogen-bond acceptors (Lipinski definition) is 4. The van der Waals surface area contributed by atoms with Gasteiger partial charge in [-0.25, -0.2) is 0 Å². The van der Waals surface area contributed by atoms with Gasteiger partial charge in [0.1, 0.15) is 5.75 Å². The molecule has 2 aliphatic rings. The molecule has 1 unspecified atom stereocenters. The molecule has 2 aliphatic heterocycles. The van der Waals surface area contributed by atoms with Crippen LogP contribution in [0.2, 0.25) is 5.02 Å². The normalized spacial score (nSPS) is 23.4. The lowest BCUT2D eigenvalue weighted by atomic mass is 9.83. The van der Waals surface area contributed by atoms with E-state index in [0.29, 0.717) is 30.5 Å². The number of benzene rings is 1. The molecular weight excluding hydrogens is 368 g/mol. The number of ether oxygens (including phenoxy) is 1. The molecule has 2 saturated heterocycles. The Balaban J connectivity index is 1.54. The molecule has 2 heterocycles. The molecule has 1 aromatic rings. The number of carbonyl (C=O) groups is 3. The third-order valence-corrected chi connectivity index (χ3v) is 5.96. The van der Waals surface area contributed by atoms with E-state index in [0.717, 1.165) is 24.2 Å². The molecule has 3 rings (SSSR count). The first-order valence-electron chi connectivity index (χ1n) is 9.28. The molecule has 0 aromatic heterocycles. The Morgan fingerprint density at radius 3 is 2.63 bits per heavy atom. The minimum absolute atomic E-state index is 0.0462. The molecule has 0 aliphatic carbocycles. The number of rotatable bonds is 5. The largest absolute Gasteiger partial charge is 0.496 e. The summed E-state index contributed by atoms with van der Waals surface area (Å²) in [5.74, 6) is 0.639. The Morgan fingerprint density at radius 2 is 2.04 bits per heavy atom. The van der Waals surface area contributed by atoms with Gasteiger partial charge in [-0.1, -0.05) is 24.6 Å². The number of likely N-dealkylation sites (tertiary alicyclic amines) is 1. The number of piperidine rings is 1. The lowest BCUT2D eigenvalue weighted by Gasteiger charge is -2.33. The third-order valence-electron chi connectivity index (χ3n) is 5.73. The third kappa shape index (κ3) is 4.26. The van der Waals surface area contributed by atoms with Crippen LogP contribution in [0, 0.1) is 5.41 Å². The molecule has 0 spiro atoms. The zero-order valence-corrected chi connectivity index (χ0v) is 16.5. The molecular formula is C20H25ClN2O4. The summed E-state index contributed by atoms with van der Waals surface area (Å²) >= 11 is 6.04. The zero-order valence-electron chi connectivity index (χ0n) is 15.7. The van der Waals surface area contributed by atoms with Gasteiger partial charge in [-0.3, -0.25) is 19.7 Å². The van der Waals surface area contributed by atoms with E-state index in [9.17, 15) is 14.4 Å². The van der Waals surface area contributed by atoms with Gasteiger partial charge in [0.05, 0.1) is 12.5 Å². The number of nitrogens with one attached hydrogen (secondary N) is 1. The van der Waals surface area contributed by atoms with Crippen molar-refractivity contribution in [1.29, 1.82) is 0 Å². The van der Waals surface area contributed by atoms with Crippen LogP contribution in [0.4, 0.5) is 0 Å². The van der Waals surface area contributed by atoms with Crippen LogP contribution in [-0.2, 0) is 14.4 Å². The molecule has 0 radical (unpaired) electrons. The Kier molecular flexibility index (Phi) is 5.75. The van der Waals surface area contributed by atoms with E-state index in [1.165, 1.54) is 0 Å². The van der Waals surface area contributed by atoms with Crippen molar-refractivity contribution < 1.29 is 19.1 Å².